The number of halogens is 1. The molecule has 1 heterocycles. The number of carbonyl (C=O) groups is 1. The number of hydrogen-bond acceptors (Lipinski definition) is 2. The topological polar surface area (TPSA) is 42.0 Å². The number of anilines is 1. The van der Waals surface area contributed by atoms with Crippen molar-refractivity contribution in [1.82, 2.24) is 4.98 Å². The largest absolute Gasteiger partial charge is 0.326 e. The molecular weight excluding hydrogens is 320 g/mol. The van der Waals surface area contributed by atoms with Crippen LogP contribution in [0.3, 0.4) is 0 Å². The van der Waals surface area contributed by atoms with Gasteiger partial charge in [0.1, 0.15) is 0 Å². The Morgan fingerprint density at radius 2 is 1.83 bits per heavy atom. The van der Waals surface area contributed by atoms with Crippen molar-refractivity contribution >= 4 is 23.2 Å². The highest BCUT2D eigenvalue weighted by atomic mass is 35.5. The van der Waals surface area contributed by atoms with Gasteiger partial charge in [0.15, 0.2) is 0 Å². The van der Waals surface area contributed by atoms with Crippen LogP contribution in [-0.2, 0) is 11.2 Å². The monoisotopic (exact) mass is 336 g/mol. The molecule has 0 radical (unpaired) electrons. The summed E-state index contributed by atoms with van der Waals surface area (Å²) in [5.41, 5.74) is 4.85. The van der Waals surface area contributed by atoms with E-state index in [2.05, 4.69) is 10.3 Å². The second-order valence-electron chi connectivity index (χ2n) is 5.62. The van der Waals surface area contributed by atoms with Crippen molar-refractivity contribution in [3.63, 3.8) is 0 Å². The van der Waals surface area contributed by atoms with E-state index in [-0.39, 0.29) is 5.91 Å². The Balaban J connectivity index is 1.66. The molecule has 120 valence electrons. The first-order valence-electron chi connectivity index (χ1n) is 7.67. The van der Waals surface area contributed by atoms with Gasteiger partial charge < -0.3 is 5.32 Å². The zero-order valence-electron chi connectivity index (χ0n) is 13.3. The van der Waals surface area contributed by atoms with Crippen molar-refractivity contribution in [2.45, 2.75) is 13.3 Å². The van der Waals surface area contributed by atoms with Crippen LogP contribution in [-0.4, -0.2) is 10.9 Å². The highest BCUT2D eigenvalue weighted by Gasteiger charge is 2.05. The minimum atomic E-state index is -0.0650. The van der Waals surface area contributed by atoms with Gasteiger partial charge in [-0.15, -0.1) is 0 Å². The normalized spacial score (nSPS) is 10.4. The number of nitrogens with one attached hydrogen (secondary N) is 1. The van der Waals surface area contributed by atoms with Gasteiger partial charge in [-0.05, 0) is 60.0 Å². The zero-order chi connectivity index (χ0) is 16.9. The maximum Gasteiger partial charge on any atom is 0.228 e. The fourth-order valence-corrected chi connectivity index (χ4v) is 2.72. The molecule has 1 aromatic heterocycles. The van der Waals surface area contributed by atoms with E-state index in [1.165, 1.54) is 0 Å². The van der Waals surface area contributed by atoms with Gasteiger partial charge in [-0.1, -0.05) is 35.9 Å². The lowest BCUT2D eigenvalue weighted by atomic mass is 10.1. The average molecular weight is 337 g/mol. The van der Waals surface area contributed by atoms with Gasteiger partial charge in [0.05, 0.1) is 6.42 Å². The molecule has 4 heteroatoms. The van der Waals surface area contributed by atoms with Gasteiger partial charge >= 0.3 is 0 Å². The highest BCUT2D eigenvalue weighted by molar-refractivity contribution is 6.30. The van der Waals surface area contributed by atoms with Crippen LogP contribution in [0.5, 0.6) is 0 Å². The van der Waals surface area contributed by atoms with Crippen molar-refractivity contribution < 1.29 is 4.79 Å². The summed E-state index contributed by atoms with van der Waals surface area (Å²) in [6.45, 7) is 1.97. The van der Waals surface area contributed by atoms with Gasteiger partial charge in [0.2, 0.25) is 5.91 Å². The van der Waals surface area contributed by atoms with E-state index in [1.54, 1.807) is 18.3 Å². The Hall–Kier alpha value is -2.65. The summed E-state index contributed by atoms with van der Waals surface area (Å²) in [5.74, 6) is -0.0650. The molecule has 0 aliphatic carbocycles. The summed E-state index contributed by atoms with van der Waals surface area (Å²) in [4.78, 5) is 16.3. The van der Waals surface area contributed by atoms with Gasteiger partial charge in [-0.25, -0.2) is 0 Å². The molecule has 0 unspecified atom stereocenters. The van der Waals surface area contributed by atoms with Crippen LogP contribution in [0.4, 0.5) is 5.69 Å². The lowest BCUT2D eigenvalue weighted by Crippen LogP contribution is -2.14. The van der Waals surface area contributed by atoms with Crippen molar-refractivity contribution in [3.05, 3.63) is 83.1 Å². The first kappa shape index (κ1) is 16.2. The van der Waals surface area contributed by atoms with Gasteiger partial charge in [-0.3, -0.25) is 9.78 Å². The quantitative estimate of drug-likeness (QED) is 0.737. The minimum Gasteiger partial charge on any atom is -0.326 e. The number of amides is 1. The molecule has 3 aromatic rings. The van der Waals surface area contributed by atoms with Crippen LogP contribution in [0, 0.1) is 6.92 Å². The van der Waals surface area contributed by atoms with Crippen LogP contribution in [0.1, 0.15) is 11.3 Å². The fourth-order valence-electron chi connectivity index (χ4n) is 2.51. The molecule has 0 atom stereocenters. The van der Waals surface area contributed by atoms with Gasteiger partial charge in [0.25, 0.3) is 0 Å². The van der Waals surface area contributed by atoms with Crippen molar-refractivity contribution in [3.8, 4) is 11.1 Å². The number of aryl methyl sites for hydroxylation is 1. The highest BCUT2D eigenvalue weighted by Crippen LogP contribution is 2.21. The van der Waals surface area contributed by atoms with Crippen molar-refractivity contribution in [2.24, 2.45) is 0 Å². The van der Waals surface area contributed by atoms with Gasteiger partial charge in [-0.2, -0.15) is 0 Å². The minimum absolute atomic E-state index is 0.0650. The van der Waals surface area contributed by atoms with E-state index in [0.717, 1.165) is 28.1 Å². The van der Waals surface area contributed by atoms with Crippen LogP contribution in [0.2, 0.25) is 5.02 Å². The summed E-state index contributed by atoms with van der Waals surface area (Å²) < 4.78 is 0. The second-order valence-corrected chi connectivity index (χ2v) is 6.05. The summed E-state index contributed by atoms with van der Waals surface area (Å²) in [6.07, 6.45) is 2.09. The van der Waals surface area contributed by atoms with E-state index >= 15 is 0 Å². The van der Waals surface area contributed by atoms with Crippen molar-refractivity contribution in [1.29, 1.82) is 0 Å². The molecule has 0 bridgehead atoms. The number of nitrogens with zero attached hydrogens (tertiary/aromatic N) is 1. The Labute approximate surface area is 146 Å². The first-order valence-corrected chi connectivity index (χ1v) is 8.05. The summed E-state index contributed by atoms with van der Waals surface area (Å²) in [5, 5.41) is 3.54. The number of aromatic nitrogens is 1. The van der Waals surface area contributed by atoms with Crippen molar-refractivity contribution in [2.75, 3.05) is 5.32 Å². The van der Waals surface area contributed by atoms with Crippen LogP contribution >= 0.6 is 11.6 Å². The molecule has 1 amide bonds. The molecule has 2 aromatic carbocycles. The predicted molar refractivity (Wildman–Crippen MR) is 98.2 cm³/mol. The smallest absolute Gasteiger partial charge is 0.228 e. The maximum absolute atomic E-state index is 12.1. The lowest BCUT2D eigenvalue weighted by molar-refractivity contribution is -0.115. The Morgan fingerprint density at radius 3 is 2.54 bits per heavy atom. The summed E-state index contributed by atoms with van der Waals surface area (Å²) in [6, 6.07) is 19.1. The standard InChI is InChI=1S/C20H17ClN2O/c1-14-11-17(9-10-22-14)16-5-7-19(8-6-16)23-20(24)13-15-3-2-4-18(21)12-15/h2-12H,13H2,1H3,(H,23,24). The predicted octanol–water partition coefficient (Wildman–Crippen LogP) is 4.89. The fraction of sp³-hybridized carbons (Fsp3) is 0.100. The molecule has 3 rings (SSSR count). The lowest BCUT2D eigenvalue weighted by Gasteiger charge is -2.07. The van der Waals surface area contributed by atoms with E-state index in [9.17, 15) is 4.79 Å². The Morgan fingerprint density at radius 1 is 1.04 bits per heavy atom. The summed E-state index contributed by atoms with van der Waals surface area (Å²) >= 11 is 5.94. The third-order valence-corrected chi connectivity index (χ3v) is 3.89. The van der Waals surface area contributed by atoms with E-state index in [0.29, 0.717) is 11.4 Å². The second kappa shape index (κ2) is 7.28. The zero-order valence-corrected chi connectivity index (χ0v) is 14.0. The number of benzene rings is 2. The number of hydrogen-bond donors (Lipinski definition) is 1. The molecule has 0 saturated heterocycles. The number of rotatable bonds is 4. The van der Waals surface area contributed by atoms with Gasteiger partial charge in [0, 0.05) is 22.6 Å². The third kappa shape index (κ3) is 4.21. The number of pyridine rings is 1. The molecule has 0 saturated carbocycles. The molecule has 1 N–H and O–H groups in total. The first-order chi connectivity index (χ1) is 11.6. The average Bonchev–Trinajstić information content (AvgIpc) is 2.55. The molecule has 3 nitrogen and oxygen atoms in total. The molecule has 0 fully saturated rings. The van der Waals surface area contributed by atoms with Crippen LogP contribution in [0.15, 0.2) is 66.9 Å². The number of carbonyl (C=O) groups excluding carboxylic acids is 1. The molecule has 0 aliphatic rings. The SMILES string of the molecule is Cc1cc(-c2ccc(NC(=O)Cc3cccc(Cl)c3)cc2)ccn1. The maximum atomic E-state index is 12.1. The van der Waals surface area contributed by atoms with Crippen LogP contribution < -0.4 is 5.32 Å². The summed E-state index contributed by atoms with van der Waals surface area (Å²) in [7, 11) is 0. The van der Waals surface area contributed by atoms with E-state index < -0.39 is 0 Å². The van der Waals surface area contributed by atoms with E-state index in [4.69, 9.17) is 11.6 Å². The van der Waals surface area contributed by atoms with Crippen LogP contribution in [0.25, 0.3) is 11.1 Å². The third-order valence-electron chi connectivity index (χ3n) is 3.65. The molecule has 24 heavy (non-hydrogen) atoms. The Bertz CT molecular complexity index is 860. The van der Waals surface area contributed by atoms with E-state index in [1.807, 2.05) is 55.5 Å². The molecule has 0 spiro atoms. The molecule has 0 aliphatic heterocycles. The Kier molecular flexibility index (Phi) is 4.92. The molecular formula is C20H17ClN2O.